The van der Waals surface area contributed by atoms with Crippen LogP contribution in [0.1, 0.15) is 11.1 Å². The molecule has 0 aliphatic carbocycles. The number of benzene rings is 3. The molecule has 41 heavy (non-hydrogen) atoms. The SMILES string of the molecule is CN(CC(F)(F)F)[C@H](COCc1ccccc1)CSc1c(-c2ccc(F)cc2F)c(C(F)(F)F)cc2cncnc12. The van der Waals surface area contributed by atoms with Gasteiger partial charge in [-0.3, -0.25) is 4.90 Å². The number of hydrogen-bond donors (Lipinski definition) is 0. The van der Waals surface area contributed by atoms with Crippen LogP contribution in [0, 0.1) is 11.6 Å². The fourth-order valence-corrected chi connectivity index (χ4v) is 5.59. The largest absolute Gasteiger partial charge is 0.417 e. The lowest BCUT2D eigenvalue weighted by atomic mass is 9.96. The van der Waals surface area contributed by atoms with Crippen LogP contribution in [-0.2, 0) is 17.5 Å². The molecule has 0 bridgehead atoms. The molecule has 0 spiro atoms. The van der Waals surface area contributed by atoms with Gasteiger partial charge >= 0.3 is 12.4 Å². The molecular weight excluding hydrogens is 578 g/mol. The van der Waals surface area contributed by atoms with E-state index in [2.05, 4.69) is 9.97 Å². The van der Waals surface area contributed by atoms with Crippen LogP contribution in [0.5, 0.6) is 0 Å². The minimum atomic E-state index is -4.96. The summed E-state index contributed by atoms with van der Waals surface area (Å²) in [5.41, 5.74) is -1.50. The van der Waals surface area contributed by atoms with E-state index in [-0.39, 0.29) is 34.8 Å². The smallest absolute Gasteiger partial charge is 0.375 e. The first-order valence-electron chi connectivity index (χ1n) is 12.1. The summed E-state index contributed by atoms with van der Waals surface area (Å²) in [7, 11) is 1.23. The Morgan fingerprint density at radius 3 is 2.37 bits per heavy atom. The molecule has 0 radical (unpaired) electrons. The van der Waals surface area contributed by atoms with Crippen LogP contribution in [0.15, 0.2) is 72.0 Å². The third-order valence-corrected chi connectivity index (χ3v) is 7.39. The van der Waals surface area contributed by atoms with E-state index in [0.29, 0.717) is 6.07 Å². The second-order valence-electron chi connectivity index (χ2n) is 9.21. The molecule has 4 nitrogen and oxygen atoms in total. The van der Waals surface area contributed by atoms with Gasteiger partial charge < -0.3 is 4.74 Å². The van der Waals surface area contributed by atoms with Crippen molar-refractivity contribution in [2.75, 3.05) is 26.0 Å². The molecular formula is C28H23F8N3OS. The summed E-state index contributed by atoms with van der Waals surface area (Å²) in [6.07, 6.45) is -7.25. The lowest BCUT2D eigenvalue weighted by molar-refractivity contribution is -0.148. The predicted molar refractivity (Wildman–Crippen MR) is 139 cm³/mol. The zero-order valence-corrected chi connectivity index (χ0v) is 22.3. The molecule has 0 saturated heterocycles. The average molecular weight is 602 g/mol. The molecule has 1 atom stereocenters. The summed E-state index contributed by atoms with van der Waals surface area (Å²) in [6.45, 7) is -1.37. The number of likely N-dealkylation sites (N-methyl/N-ethyl adjacent to an activating group) is 1. The standard InChI is InChI=1S/C28H23F8N3OS/c1-39(15-27(31,32)33)20(13-40-12-17-5-3-2-4-6-17)14-41-26-24(21-8-7-19(29)10-23(21)30)22(28(34,35)36)9-18-11-37-16-38-25(18)26/h2-11,16,20H,12-15H2,1H3/t20-/m1/s1. The van der Waals surface area contributed by atoms with Crippen LogP contribution >= 0.6 is 11.8 Å². The summed E-state index contributed by atoms with van der Waals surface area (Å²) >= 11 is 0.784. The third-order valence-electron chi connectivity index (χ3n) is 6.15. The number of thioether (sulfide) groups is 1. The molecule has 4 aromatic rings. The van der Waals surface area contributed by atoms with Gasteiger partial charge in [0.05, 0.1) is 30.8 Å². The molecule has 1 heterocycles. The minimum Gasteiger partial charge on any atom is -0.375 e. The second kappa shape index (κ2) is 12.7. The molecule has 4 rings (SSSR count). The Morgan fingerprint density at radius 1 is 0.976 bits per heavy atom. The fourth-order valence-electron chi connectivity index (χ4n) is 4.21. The van der Waals surface area contributed by atoms with Crippen LogP contribution in [0.3, 0.4) is 0 Å². The van der Waals surface area contributed by atoms with E-state index in [4.69, 9.17) is 4.74 Å². The Balaban J connectivity index is 1.75. The number of halogens is 8. The monoisotopic (exact) mass is 601 g/mol. The van der Waals surface area contributed by atoms with Crippen molar-refractivity contribution in [2.24, 2.45) is 0 Å². The zero-order valence-electron chi connectivity index (χ0n) is 21.4. The van der Waals surface area contributed by atoms with Crippen molar-refractivity contribution >= 4 is 22.7 Å². The lowest BCUT2D eigenvalue weighted by Gasteiger charge is -2.29. The number of alkyl halides is 6. The van der Waals surface area contributed by atoms with Crippen molar-refractivity contribution in [2.45, 2.75) is 29.9 Å². The van der Waals surface area contributed by atoms with E-state index in [0.717, 1.165) is 52.9 Å². The van der Waals surface area contributed by atoms with Gasteiger partial charge in [-0.2, -0.15) is 26.3 Å². The molecule has 0 aliphatic heterocycles. The van der Waals surface area contributed by atoms with Crippen molar-refractivity contribution in [1.82, 2.24) is 14.9 Å². The summed E-state index contributed by atoms with van der Waals surface area (Å²) in [5.74, 6) is -2.39. The highest BCUT2D eigenvalue weighted by atomic mass is 32.2. The van der Waals surface area contributed by atoms with Crippen LogP contribution < -0.4 is 0 Å². The van der Waals surface area contributed by atoms with E-state index in [1.807, 2.05) is 0 Å². The van der Waals surface area contributed by atoms with Crippen molar-refractivity contribution < 1.29 is 39.9 Å². The first-order chi connectivity index (χ1) is 19.3. The highest BCUT2D eigenvalue weighted by molar-refractivity contribution is 7.99. The number of ether oxygens (including phenoxy) is 1. The average Bonchev–Trinajstić information content (AvgIpc) is 2.89. The summed E-state index contributed by atoms with van der Waals surface area (Å²) in [5, 5.41) is -0.00545. The van der Waals surface area contributed by atoms with Crippen molar-refractivity contribution in [3.63, 3.8) is 0 Å². The Kier molecular flexibility index (Phi) is 9.50. The van der Waals surface area contributed by atoms with Crippen molar-refractivity contribution in [3.8, 4) is 11.1 Å². The van der Waals surface area contributed by atoms with Gasteiger partial charge in [-0.15, -0.1) is 11.8 Å². The van der Waals surface area contributed by atoms with Gasteiger partial charge in [-0.05, 0) is 30.8 Å². The molecule has 1 aromatic heterocycles. The maximum atomic E-state index is 14.9. The van der Waals surface area contributed by atoms with Gasteiger partial charge in [-0.1, -0.05) is 30.3 Å². The van der Waals surface area contributed by atoms with E-state index in [9.17, 15) is 35.1 Å². The second-order valence-corrected chi connectivity index (χ2v) is 10.2. The summed E-state index contributed by atoms with van der Waals surface area (Å²) in [4.78, 5) is 8.75. The van der Waals surface area contributed by atoms with E-state index in [1.165, 1.54) is 7.05 Å². The first-order valence-corrected chi connectivity index (χ1v) is 13.1. The molecule has 0 aliphatic rings. The molecule has 3 aromatic carbocycles. The van der Waals surface area contributed by atoms with Crippen LogP contribution in [0.25, 0.3) is 22.0 Å². The number of hydrogen-bond acceptors (Lipinski definition) is 5. The van der Waals surface area contributed by atoms with E-state index >= 15 is 0 Å². The number of rotatable bonds is 10. The number of aromatic nitrogens is 2. The predicted octanol–water partition coefficient (Wildman–Crippen LogP) is 7.77. The summed E-state index contributed by atoms with van der Waals surface area (Å²) in [6, 6.07) is 10.9. The van der Waals surface area contributed by atoms with Gasteiger partial charge in [0.1, 0.15) is 18.0 Å². The van der Waals surface area contributed by atoms with Gasteiger partial charge in [0.2, 0.25) is 0 Å². The Bertz CT molecular complexity index is 1480. The minimum absolute atomic E-state index is 0.00545. The van der Waals surface area contributed by atoms with Gasteiger partial charge in [0.25, 0.3) is 0 Å². The molecule has 0 saturated carbocycles. The van der Waals surface area contributed by atoms with Crippen LogP contribution in [0.4, 0.5) is 35.1 Å². The van der Waals surface area contributed by atoms with Crippen molar-refractivity contribution in [1.29, 1.82) is 0 Å². The molecule has 0 amide bonds. The molecule has 0 unspecified atom stereocenters. The van der Waals surface area contributed by atoms with Crippen LogP contribution in [-0.4, -0.2) is 53.0 Å². The van der Waals surface area contributed by atoms with Gasteiger partial charge in [0.15, 0.2) is 0 Å². The number of fused-ring (bicyclic) bond motifs is 1. The molecule has 0 N–H and O–H groups in total. The first kappa shape index (κ1) is 30.7. The molecule has 218 valence electrons. The Morgan fingerprint density at radius 2 is 1.71 bits per heavy atom. The Labute approximate surface area is 234 Å². The maximum absolute atomic E-state index is 14.9. The van der Waals surface area contributed by atoms with E-state index < -0.39 is 53.3 Å². The third kappa shape index (κ3) is 7.92. The normalized spacial score (nSPS) is 13.2. The topological polar surface area (TPSA) is 38.2 Å². The maximum Gasteiger partial charge on any atom is 0.417 e. The Hall–Kier alpha value is -3.29. The molecule has 0 fully saturated rings. The van der Waals surface area contributed by atoms with Crippen molar-refractivity contribution in [3.05, 3.63) is 89.9 Å². The van der Waals surface area contributed by atoms with Crippen LogP contribution in [0.2, 0.25) is 0 Å². The van der Waals surface area contributed by atoms with Gasteiger partial charge in [-0.25, -0.2) is 18.7 Å². The zero-order chi connectivity index (χ0) is 29.8. The quantitative estimate of drug-likeness (QED) is 0.137. The summed E-state index contributed by atoms with van der Waals surface area (Å²) < 4.78 is 117. The molecule has 13 heteroatoms. The highest BCUT2D eigenvalue weighted by Gasteiger charge is 2.38. The number of nitrogens with zero attached hydrogens (tertiary/aromatic N) is 3. The van der Waals surface area contributed by atoms with Gasteiger partial charge in [0, 0.05) is 45.5 Å². The fraction of sp³-hybridized carbons (Fsp3) is 0.286. The lowest BCUT2D eigenvalue weighted by Crippen LogP contribution is -2.43. The van der Waals surface area contributed by atoms with E-state index in [1.54, 1.807) is 30.3 Å². The highest BCUT2D eigenvalue weighted by Crippen LogP contribution is 2.46.